The third-order valence-corrected chi connectivity index (χ3v) is 4.25. The number of nitrogens with one attached hydrogen (secondary N) is 1. The van der Waals surface area contributed by atoms with Gasteiger partial charge in [-0.3, -0.25) is 14.5 Å². The zero-order valence-corrected chi connectivity index (χ0v) is 14.7. The Hall–Kier alpha value is -1.92. The summed E-state index contributed by atoms with van der Waals surface area (Å²) in [5, 5.41) is 2.91. The van der Waals surface area contributed by atoms with E-state index in [-0.39, 0.29) is 11.7 Å². The topological polar surface area (TPSA) is 61.9 Å². The number of piperazine rings is 1. The van der Waals surface area contributed by atoms with Gasteiger partial charge in [-0.15, -0.1) is 0 Å². The average Bonchev–Trinajstić information content (AvgIpc) is 2.56. The number of carbonyl (C=O) groups is 2. The number of benzene rings is 1. The van der Waals surface area contributed by atoms with Crippen LogP contribution in [0.5, 0.6) is 5.75 Å². The summed E-state index contributed by atoms with van der Waals surface area (Å²) in [7, 11) is 2.12. The maximum Gasteiger partial charge on any atom is 0.260 e. The summed E-state index contributed by atoms with van der Waals surface area (Å²) >= 11 is 0. The van der Waals surface area contributed by atoms with Crippen LogP contribution in [0.25, 0.3) is 0 Å². The Kier molecular flexibility index (Phi) is 6.75. The number of rotatable bonds is 7. The molecular formula is C18H27N3O3. The number of amides is 1. The van der Waals surface area contributed by atoms with Crippen molar-refractivity contribution in [2.75, 3.05) is 46.3 Å². The van der Waals surface area contributed by atoms with E-state index in [4.69, 9.17) is 4.74 Å². The second-order valence-electron chi connectivity index (χ2n) is 6.28. The Morgan fingerprint density at radius 1 is 1.25 bits per heavy atom. The quantitative estimate of drug-likeness (QED) is 0.755. The Morgan fingerprint density at radius 3 is 2.62 bits per heavy atom. The summed E-state index contributed by atoms with van der Waals surface area (Å²) in [6, 6.07) is 6.90. The van der Waals surface area contributed by atoms with Crippen molar-refractivity contribution in [3.63, 3.8) is 0 Å². The lowest BCUT2D eigenvalue weighted by molar-refractivity contribution is -0.127. The van der Waals surface area contributed by atoms with Crippen LogP contribution in [0.1, 0.15) is 24.2 Å². The van der Waals surface area contributed by atoms with E-state index >= 15 is 0 Å². The summed E-state index contributed by atoms with van der Waals surface area (Å²) in [6.07, 6.45) is -0.598. The monoisotopic (exact) mass is 333 g/mol. The van der Waals surface area contributed by atoms with Crippen LogP contribution < -0.4 is 10.1 Å². The molecule has 1 atom stereocenters. The number of ether oxygens (including phenoxy) is 1. The molecule has 1 aliphatic rings. The fourth-order valence-corrected chi connectivity index (χ4v) is 2.60. The van der Waals surface area contributed by atoms with E-state index in [1.165, 1.54) is 6.92 Å². The highest BCUT2D eigenvalue weighted by Crippen LogP contribution is 2.15. The lowest BCUT2D eigenvalue weighted by Gasteiger charge is -2.32. The van der Waals surface area contributed by atoms with Crippen LogP contribution in [0.3, 0.4) is 0 Å². The van der Waals surface area contributed by atoms with Gasteiger partial charge in [-0.05, 0) is 33.0 Å². The summed E-state index contributed by atoms with van der Waals surface area (Å²) < 4.78 is 5.64. The minimum Gasteiger partial charge on any atom is -0.481 e. The third kappa shape index (κ3) is 5.62. The third-order valence-electron chi connectivity index (χ3n) is 4.25. The fourth-order valence-electron chi connectivity index (χ4n) is 2.60. The average molecular weight is 333 g/mol. The zero-order chi connectivity index (χ0) is 17.5. The molecule has 6 nitrogen and oxygen atoms in total. The van der Waals surface area contributed by atoms with Gasteiger partial charge in [0.15, 0.2) is 11.9 Å². The van der Waals surface area contributed by atoms with Crippen molar-refractivity contribution in [1.82, 2.24) is 15.1 Å². The van der Waals surface area contributed by atoms with E-state index in [2.05, 4.69) is 22.2 Å². The first-order valence-corrected chi connectivity index (χ1v) is 8.42. The predicted octanol–water partition coefficient (Wildman–Crippen LogP) is 1.02. The molecule has 0 bridgehead atoms. The van der Waals surface area contributed by atoms with Gasteiger partial charge in [-0.1, -0.05) is 12.1 Å². The van der Waals surface area contributed by atoms with Crippen molar-refractivity contribution >= 4 is 11.7 Å². The lowest BCUT2D eigenvalue weighted by atomic mass is 10.1. The standard InChI is InChI=1S/C18H27N3O3/c1-14(22)16-5-4-6-17(13-16)24-15(2)18(23)19-7-8-21-11-9-20(3)10-12-21/h4-6,13,15H,7-12H2,1-3H3,(H,19,23)/t15-/m0/s1. The van der Waals surface area contributed by atoms with Gasteiger partial charge in [0.1, 0.15) is 5.75 Å². The first-order valence-electron chi connectivity index (χ1n) is 8.42. The number of hydrogen-bond donors (Lipinski definition) is 1. The Morgan fingerprint density at radius 2 is 1.96 bits per heavy atom. The molecule has 1 aromatic rings. The molecule has 0 saturated carbocycles. The normalized spacial score (nSPS) is 17.3. The minimum atomic E-state index is -0.598. The molecule has 24 heavy (non-hydrogen) atoms. The van der Waals surface area contributed by atoms with Crippen LogP contribution in [0.2, 0.25) is 0 Å². The number of Topliss-reactive ketones (excluding diaryl/α,β-unsaturated/α-hetero) is 1. The van der Waals surface area contributed by atoms with E-state index in [1.807, 2.05) is 0 Å². The maximum absolute atomic E-state index is 12.1. The van der Waals surface area contributed by atoms with Gasteiger partial charge in [-0.25, -0.2) is 0 Å². The van der Waals surface area contributed by atoms with Crippen molar-refractivity contribution in [3.05, 3.63) is 29.8 Å². The number of carbonyl (C=O) groups excluding carboxylic acids is 2. The van der Waals surface area contributed by atoms with Gasteiger partial charge in [-0.2, -0.15) is 0 Å². The van der Waals surface area contributed by atoms with Crippen molar-refractivity contribution in [2.24, 2.45) is 0 Å². The van der Waals surface area contributed by atoms with Crippen molar-refractivity contribution in [3.8, 4) is 5.75 Å². The number of ketones is 1. The van der Waals surface area contributed by atoms with Crippen LogP contribution in [0.15, 0.2) is 24.3 Å². The van der Waals surface area contributed by atoms with Gasteiger partial charge < -0.3 is 15.0 Å². The molecular weight excluding hydrogens is 306 g/mol. The van der Waals surface area contributed by atoms with Gasteiger partial charge in [0, 0.05) is 44.8 Å². The predicted molar refractivity (Wildman–Crippen MR) is 93.5 cm³/mol. The minimum absolute atomic E-state index is 0.0234. The molecule has 1 aromatic carbocycles. The van der Waals surface area contributed by atoms with Crippen LogP contribution in [0.4, 0.5) is 0 Å². The molecule has 0 aliphatic carbocycles. The molecule has 0 radical (unpaired) electrons. The van der Waals surface area contributed by atoms with Gasteiger partial charge in [0.05, 0.1) is 0 Å². The lowest BCUT2D eigenvalue weighted by Crippen LogP contribution is -2.47. The molecule has 2 rings (SSSR count). The Labute approximate surface area is 143 Å². The largest absolute Gasteiger partial charge is 0.481 e. The van der Waals surface area contributed by atoms with Crippen LogP contribution in [-0.4, -0.2) is 73.9 Å². The molecule has 1 N–H and O–H groups in total. The van der Waals surface area contributed by atoms with Crippen LogP contribution in [-0.2, 0) is 4.79 Å². The summed E-state index contributed by atoms with van der Waals surface area (Å²) in [5.41, 5.74) is 0.579. The molecule has 1 heterocycles. The molecule has 1 saturated heterocycles. The van der Waals surface area contributed by atoms with E-state index in [0.29, 0.717) is 17.9 Å². The van der Waals surface area contributed by atoms with Crippen LogP contribution >= 0.6 is 0 Å². The Bertz CT molecular complexity index is 568. The molecule has 0 spiro atoms. The van der Waals surface area contributed by atoms with Gasteiger partial charge >= 0.3 is 0 Å². The maximum atomic E-state index is 12.1. The molecule has 1 fully saturated rings. The smallest absolute Gasteiger partial charge is 0.260 e. The van der Waals surface area contributed by atoms with Crippen molar-refractivity contribution in [1.29, 1.82) is 0 Å². The number of likely N-dealkylation sites (N-methyl/N-ethyl adjacent to an activating group) is 1. The number of hydrogen-bond acceptors (Lipinski definition) is 5. The summed E-state index contributed by atoms with van der Waals surface area (Å²) in [4.78, 5) is 28.2. The molecule has 1 amide bonds. The van der Waals surface area contributed by atoms with Gasteiger partial charge in [0.2, 0.25) is 0 Å². The SMILES string of the molecule is CC(=O)c1cccc(O[C@@H](C)C(=O)NCCN2CCN(C)CC2)c1. The molecule has 1 aliphatic heterocycles. The highest BCUT2D eigenvalue weighted by Gasteiger charge is 2.17. The van der Waals surface area contributed by atoms with Gasteiger partial charge in [0.25, 0.3) is 5.91 Å². The van der Waals surface area contributed by atoms with E-state index in [9.17, 15) is 9.59 Å². The van der Waals surface area contributed by atoms with E-state index in [1.54, 1.807) is 31.2 Å². The highest BCUT2D eigenvalue weighted by atomic mass is 16.5. The zero-order valence-electron chi connectivity index (χ0n) is 14.7. The molecule has 132 valence electrons. The van der Waals surface area contributed by atoms with Crippen molar-refractivity contribution < 1.29 is 14.3 Å². The van der Waals surface area contributed by atoms with E-state index < -0.39 is 6.10 Å². The first kappa shape index (κ1) is 18.4. The number of nitrogens with zero attached hydrogens (tertiary/aromatic N) is 2. The summed E-state index contributed by atoms with van der Waals surface area (Å²) in [6.45, 7) is 8.90. The second kappa shape index (κ2) is 8.80. The van der Waals surface area contributed by atoms with Crippen LogP contribution in [0, 0.1) is 0 Å². The first-order chi connectivity index (χ1) is 11.5. The highest BCUT2D eigenvalue weighted by molar-refractivity contribution is 5.94. The molecule has 6 heteroatoms. The summed E-state index contributed by atoms with van der Waals surface area (Å²) in [5.74, 6) is 0.367. The Balaban J connectivity index is 1.74. The molecule has 0 aromatic heterocycles. The van der Waals surface area contributed by atoms with Crippen molar-refractivity contribution in [2.45, 2.75) is 20.0 Å². The fraction of sp³-hybridized carbons (Fsp3) is 0.556. The molecule has 0 unspecified atom stereocenters. The van der Waals surface area contributed by atoms with E-state index in [0.717, 1.165) is 32.7 Å². The second-order valence-corrected chi connectivity index (χ2v) is 6.28.